The van der Waals surface area contributed by atoms with Gasteiger partial charge in [0.25, 0.3) is 5.91 Å². The van der Waals surface area contributed by atoms with Gasteiger partial charge in [0, 0.05) is 36.3 Å². The Bertz CT molecular complexity index is 1150. The number of piperazine rings is 1. The number of rotatable bonds is 6. The van der Waals surface area contributed by atoms with Crippen LogP contribution in [0.15, 0.2) is 60.8 Å². The van der Waals surface area contributed by atoms with Crippen molar-refractivity contribution in [1.82, 2.24) is 10.3 Å². The van der Waals surface area contributed by atoms with E-state index in [1.165, 1.54) is 12.3 Å². The van der Waals surface area contributed by atoms with E-state index in [9.17, 15) is 14.4 Å². The van der Waals surface area contributed by atoms with Gasteiger partial charge in [-0.1, -0.05) is 41.9 Å². The number of aromatic nitrogens is 1. The minimum Gasteiger partial charge on any atom is -0.356 e. The maximum Gasteiger partial charge on any atom is 0.272 e. The number of H-pyrrole nitrogens is 1. The molecule has 7 nitrogen and oxygen atoms in total. The lowest BCUT2D eigenvalue weighted by Crippen LogP contribution is -2.48. The van der Waals surface area contributed by atoms with Crippen LogP contribution < -0.4 is 15.5 Å². The lowest BCUT2D eigenvalue weighted by molar-refractivity contribution is -0.118. The van der Waals surface area contributed by atoms with Crippen molar-refractivity contribution in [2.24, 2.45) is 0 Å². The Kier molecular flexibility index (Phi) is 7.69. The quantitative estimate of drug-likeness (QED) is 0.476. The van der Waals surface area contributed by atoms with E-state index in [0.29, 0.717) is 35.1 Å². The Morgan fingerprint density at radius 3 is 2.62 bits per heavy atom. The minimum absolute atomic E-state index is 0. The second-order valence-corrected chi connectivity index (χ2v) is 7.59. The molecule has 3 aromatic rings. The Morgan fingerprint density at radius 1 is 1.09 bits per heavy atom. The van der Waals surface area contributed by atoms with Gasteiger partial charge in [-0.15, -0.1) is 12.4 Å². The summed E-state index contributed by atoms with van der Waals surface area (Å²) in [6.45, 7) is 1.46. The summed E-state index contributed by atoms with van der Waals surface area (Å²) in [5.74, 6) is -0.595. The zero-order valence-electron chi connectivity index (χ0n) is 17.1. The van der Waals surface area contributed by atoms with E-state index in [1.54, 1.807) is 41.3 Å². The molecular weight excluding hydrogens is 451 g/mol. The highest BCUT2D eigenvalue weighted by Gasteiger charge is 2.23. The van der Waals surface area contributed by atoms with Crippen molar-refractivity contribution in [1.29, 1.82) is 0 Å². The molecule has 0 aliphatic carbocycles. The van der Waals surface area contributed by atoms with Crippen LogP contribution in [0.4, 0.5) is 11.4 Å². The molecule has 2 heterocycles. The number of Topliss-reactive ketones (excluding diaryl/α,β-unsaturated/α-hetero) is 1. The fourth-order valence-corrected chi connectivity index (χ4v) is 3.67. The van der Waals surface area contributed by atoms with Gasteiger partial charge in [0.15, 0.2) is 5.78 Å². The first-order valence-electron chi connectivity index (χ1n) is 9.89. The standard InChI is InChI=1S/C23H21ClN4O3.ClH/c24-17-6-2-1-5-15(17)12-21(29)16-11-19(26-13-16)23(31)27-18-7-3-4-8-20(18)28-10-9-25-14-22(28)30;/h1-8,11,13,25-26H,9-10,12,14H2,(H,27,31);1H. The van der Waals surface area contributed by atoms with Crippen molar-refractivity contribution in [3.05, 3.63) is 82.6 Å². The molecule has 0 atom stereocenters. The largest absolute Gasteiger partial charge is 0.356 e. The van der Waals surface area contributed by atoms with Crippen molar-refractivity contribution in [3.63, 3.8) is 0 Å². The number of nitrogens with zero attached hydrogens (tertiary/aromatic N) is 1. The van der Waals surface area contributed by atoms with Gasteiger partial charge in [-0.3, -0.25) is 14.4 Å². The molecule has 0 radical (unpaired) electrons. The average Bonchev–Trinajstić information content (AvgIpc) is 3.27. The Labute approximate surface area is 196 Å². The molecular formula is C23H22Cl2N4O3. The number of nitrogens with one attached hydrogen (secondary N) is 3. The number of hydrogen-bond donors (Lipinski definition) is 3. The lowest BCUT2D eigenvalue weighted by Gasteiger charge is -2.29. The number of ketones is 1. The predicted molar refractivity (Wildman–Crippen MR) is 127 cm³/mol. The molecule has 1 fully saturated rings. The molecule has 1 aromatic heterocycles. The highest BCUT2D eigenvalue weighted by atomic mass is 35.5. The first kappa shape index (κ1) is 23.5. The van der Waals surface area contributed by atoms with E-state index in [1.807, 2.05) is 12.1 Å². The van der Waals surface area contributed by atoms with Crippen LogP contribution in [0.3, 0.4) is 0 Å². The van der Waals surface area contributed by atoms with Crippen LogP contribution in [0.2, 0.25) is 5.02 Å². The van der Waals surface area contributed by atoms with Crippen molar-refractivity contribution in [2.45, 2.75) is 6.42 Å². The van der Waals surface area contributed by atoms with Gasteiger partial charge in [-0.2, -0.15) is 0 Å². The molecule has 1 aliphatic rings. The molecule has 1 saturated heterocycles. The van der Waals surface area contributed by atoms with Gasteiger partial charge in [0.2, 0.25) is 5.91 Å². The van der Waals surface area contributed by atoms with Gasteiger partial charge in [0.05, 0.1) is 17.9 Å². The first-order valence-corrected chi connectivity index (χ1v) is 10.3. The topological polar surface area (TPSA) is 94.3 Å². The van der Waals surface area contributed by atoms with Crippen LogP contribution >= 0.6 is 24.0 Å². The zero-order valence-corrected chi connectivity index (χ0v) is 18.6. The maximum absolute atomic E-state index is 12.8. The summed E-state index contributed by atoms with van der Waals surface area (Å²) in [5, 5.41) is 6.40. The molecule has 0 spiro atoms. The van der Waals surface area contributed by atoms with Gasteiger partial charge in [0.1, 0.15) is 5.69 Å². The monoisotopic (exact) mass is 472 g/mol. The van der Waals surface area contributed by atoms with Crippen LogP contribution in [-0.2, 0) is 11.2 Å². The van der Waals surface area contributed by atoms with Crippen LogP contribution in [-0.4, -0.2) is 42.2 Å². The van der Waals surface area contributed by atoms with Crippen molar-refractivity contribution < 1.29 is 14.4 Å². The summed E-state index contributed by atoms with van der Waals surface area (Å²) in [6, 6.07) is 15.8. The minimum atomic E-state index is -0.396. The first-order chi connectivity index (χ1) is 15.0. The van der Waals surface area contributed by atoms with E-state index in [-0.39, 0.29) is 42.8 Å². The van der Waals surface area contributed by atoms with Gasteiger partial charge in [-0.25, -0.2) is 0 Å². The molecule has 1 aliphatic heterocycles. The highest BCUT2D eigenvalue weighted by Crippen LogP contribution is 2.27. The molecule has 9 heteroatoms. The van der Waals surface area contributed by atoms with E-state index in [0.717, 1.165) is 5.56 Å². The number of benzene rings is 2. The summed E-state index contributed by atoms with van der Waals surface area (Å²) in [4.78, 5) is 42.1. The number of halogens is 2. The van der Waals surface area contributed by atoms with Crippen LogP contribution in [0, 0.1) is 0 Å². The van der Waals surface area contributed by atoms with E-state index < -0.39 is 5.91 Å². The third kappa shape index (κ3) is 5.19. The zero-order chi connectivity index (χ0) is 21.8. The smallest absolute Gasteiger partial charge is 0.272 e. The molecule has 2 amide bonds. The van der Waals surface area contributed by atoms with Crippen LogP contribution in [0.25, 0.3) is 0 Å². The Balaban J connectivity index is 0.00000289. The molecule has 0 bridgehead atoms. The number of carbonyl (C=O) groups excluding carboxylic acids is 3. The van der Waals surface area contributed by atoms with E-state index in [4.69, 9.17) is 11.6 Å². The molecule has 166 valence electrons. The number of anilines is 2. The second kappa shape index (κ2) is 10.5. The number of hydrogen-bond acceptors (Lipinski definition) is 4. The molecule has 2 aromatic carbocycles. The fourth-order valence-electron chi connectivity index (χ4n) is 3.47. The molecule has 4 rings (SSSR count). The maximum atomic E-state index is 12.8. The van der Waals surface area contributed by atoms with Gasteiger partial charge in [-0.05, 0) is 29.8 Å². The summed E-state index contributed by atoms with van der Waals surface area (Å²) in [5.41, 5.74) is 2.56. The lowest BCUT2D eigenvalue weighted by atomic mass is 10.1. The summed E-state index contributed by atoms with van der Waals surface area (Å²) in [7, 11) is 0. The number of carbonyl (C=O) groups is 3. The van der Waals surface area contributed by atoms with Gasteiger partial charge < -0.3 is 20.5 Å². The van der Waals surface area contributed by atoms with Gasteiger partial charge >= 0.3 is 0 Å². The fraction of sp³-hybridized carbons (Fsp3) is 0.174. The normalized spacial score (nSPS) is 13.4. The molecule has 3 N–H and O–H groups in total. The van der Waals surface area contributed by atoms with Crippen molar-refractivity contribution in [2.75, 3.05) is 29.9 Å². The molecule has 32 heavy (non-hydrogen) atoms. The number of aromatic amines is 1. The Hall–Kier alpha value is -3.13. The summed E-state index contributed by atoms with van der Waals surface area (Å²) < 4.78 is 0. The molecule has 0 saturated carbocycles. The third-order valence-electron chi connectivity index (χ3n) is 5.09. The summed E-state index contributed by atoms with van der Waals surface area (Å²) >= 11 is 6.13. The molecule has 0 unspecified atom stereocenters. The summed E-state index contributed by atoms with van der Waals surface area (Å²) in [6.07, 6.45) is 1.66. The highest BCUT2D eigenvalue weighted by molar-refractivity contribution is 6.31. The van der Waals surface area contributed by atoms with Crippen molar-refractivity contribution in [3.8, 4) is 0 Å². The number of para-hydroxylation sites is 2. The predicted octanol–water partition coefficient (Wildman–Crippen LogP) is 3.70. The van der Waals surface area contributed by atoms with E-state index >= 15 is 0 Å². The Morgan fingerprint density at radius 2 is 1.84 bits per heavy atom. The third-order valence-corrected chi connectivity index (χ3v) is 5.46. The SMILES string of the molecule is Cl.O=C(Cc1ccccc1Cl)c1c[nH]c(C(=O)Nc2ccccc2N2CCNCC2=O)c1. The van der Waals surface area contributed by atoms with Crippen LogP contribution in [0.1, 0.15) is 26.4 Å². The van der Waals surface area contributed by atoms with Crippen molar-refractivity contribution >= 4 is 53.0 Å². The average molecular weight is 473 g/mol. The number of amides is 2. The van der Waals surface area contributed by atoms with E-state index in [2.05, 4.69) is 15.6 Å². The van der Waals surface area contributed by atoms with Crippen LogP contribution in [0.5, 0.6) is 0 Å². The second-order valence-electron chi connectivity index (χ2n) is 7.19.